The average molecular weight is 373 g/mol. The van der Waals surface area contributed by atoms with Crippen molar-refractivity contribution in [2.45, 2.75) is 6.54 Å². The molecule has 0 fully saturated rings. The SMILES string of the molecule is COc1cccc(CNC(=O)CN(c2cccc(C#N)c2)S(C)(=O)=O)c1. The largest absolute Gasteiger partial charge is 0.497 e. The predicted molar refractivity (Wildman–Crippen MR) is 98.2 cm³/mol. The molecule has 136 valence electrons. The molecule has 0 unspecified atom stereocenters. The summed E-state index contributed by atoms with van der Waals surface area (Å²) in [6.45, 7) is -0.135. The van der Waals surface area contributed by atoms with E-state index in [1.165, 1.54) is 12.1 Å². The third-order valence-electron chi connectivity index (χ3n) is 3.57. The van der Waals surface area contributed by atoms with Crippen molar-refractivity contribution in [3.63, 3.8) is 0 Å². The zero-order valence-electron chi connectivity index (χ0n) is 14.5. The van der Waals surface area contributed by atoms with E-state index in [0.29, 0.717) is 11.3 Å². The summed E-state index contributed by atoms with van der Waals surface area (Å²) in [4.78, 5) is 12.2. The summed E-state index contributed by atoms with van der Waals surface area (Å²) in [6, 6.07) is 15.3. The fraction of sp³-hybridized carbons (Fsp3) is 0.222. The first-order valence-electron chi connectivity index (χ1n) is 7.71. The lowest BCUT2D eigenvalue weighted by Gasteiger charge is -2.22. The zero-order chi connectivity index (χ0) is 19.2. The van der Waals surface area contributed by atoms with Crippen molar-refractivity contribution in [2.75, 3.05) is 24.2 Å². The summed E-state index contributed by atoms with van der Waals surface area (Å²) in [5.41, 5.74) is 1.41. The van der Waals surface area contributed by atoms with E-state index in [4.69, 9.17) is 10.00 Å². The first kappa shape index (κ1) is 19.3. The van der Waals surface area contributed by atoms with E-state index >= 15 is 0 Å². The smallest absolute Gasteiger partial charge is 0.241 e. The van der Waals surface area contributed by atoms with Crippen molar-refractivity contribution in [1.29, 1.82) is 5.26 Å². The molecule has 0 heterocycles. The average Bonchev–Trinajstić information content (AvgIpc) is 2.63. The fourth-order valence-corrected chi connectivity index (χ4v) is 3.15. The van der Waals surface area contributed by atoms with Gasteiger partial charge in [0.1, 0.15) is 12.3 Å². The molecule has 7 nitrogen and oxygen atoms in total. The number of nitriles is 1. The van der Waals surface area contributed by atoms with Gasteiger partial charge in [0, 0.05) is 6.54 Å². The molecule has 0 saturated heterocycles. The summed E-state index contributed by atoms with van der Waals surface area (Å²) < 4.78 is 30.2. The van der Waals surface area contributed by atoms with Crippen LogP contribution in [0.3, 0.4) is 0 Å². The van der Waals surface area contributed by atoms with E-state index in [0.717, 1.165) is 16.1 Å². The Hall–Kier alpha value is -3.05. The second-order valence-electron chi connectivity index (χ2n) is 5.56. The molecule has 0 spiro atoms. The Kier molecular flexibility index (Phi) is 6.20. The second-order valence-corrected chi connectivity index (χ2v) is 7.47. The van der Waals surface area contributed by atoms with Crippen LogP contribution in [0.25, 0.3) is 0 Å². The van der Waals surface area contributed by atoms with Crippen molar-refractivity contribution in [3.05, 3.63) is 59.7 Å². The molecule has 2 aromatic rings. The van der Waals surface area contributed by atoms with E-state index in [1.54, 1.807) is 37.4 Å². The molecule has 8 heteroatoms. The van der Waals surface area contributed by atoms with Crippen LogP contribution in [0.5, 0.6) is 5.75 Å². The summed E-state index contributed by atoms with van der Waals surface area (Å²) in [5, 5.41) is 11.7. The summed E-state index contributed by atoms with van der Waals surface area (Å²) >= 11 is 0. The summed E-state index contributed by atoms with van der Waals surface area (Å²) in [5.74, 6) is 0.212. The number of anilines is 1. The Balaban J connectivity index is 2.10. The van der Waals surface area contributed by atoms with Crippen LogP contribution < -0.4 is 14.4 Å². The quantitative estimate of drug-likeness (QED) is 0.795. The maximum Gasteiger partial charge on any atom is 0.241 e. The molecule has 0 aliphatic carbocycles. The maximum atomic E-state index is 12.2. The van der Waals surface area contributed by atoms with Crippen molar-refractivity contribution >= 4 is 21.6 Å². The zero-order valence-corrected chi connectivity index (χ0v) is 15.3. The Morgan fingerprint density at radius 2 is 1.96 bits per heavy atom. The third kappa shape index (κ3) is 5.22. The second kappa shape index (κ2) is 8.36. The van der Waals surface area contributed by atoms with Crippen LogP contribution in [0.4, 0.5) is 5.69 Å². The Morgan fingerprint density at radius 1 is 1.23 bits per heavy atom. The number of benzene rings is 2. The molecule has 0 aromatic heterocycles. The highest BCUT2D eigenvalue weighted by Crippen LogP contribution is 2.18. The number of hydrogen-bond donors (Lipinski definition) is 1. The van der Waals surface area contributed by atoms with Gasteiger partial charge in [-0.3, -0.25) is 9.10 Å². The van der Waals surface area contributed by atoms with Gasteiger partial charge in [-0.05, 0) is 35.9 Å². The highest BCUT2D eigenvalue weighted by molar-refractivity contribution is 7.92. The van der Waals surface area contributed by atoms with Crippen molar-refractivity contribution in [2.24, 2.45) is 0 Å². The van der Waals surface area contributed by atoms with Gasteiger partial charge in [-0.15, -0.1) is 0 Å². The molecule has 0 radical (unpaired) electrons. The number of amides is 1. The van der Waals surface area contributed by atoms with Gasteiger partial charge in [0.05, 0.1) is 30.7 Å². The first-order chi connectivity index (χ1) is 12.3. The van der Waals surface area contributed by atoms with E-state index in [1.807, 2.05) is 12.1 Å². The number of nitrogens with zero attached hydrogens (tertiary/aromatic N) is 2. The standard InChI is InChI=1S/C18H19N3O4S/c1-25-17-8-4-6-15(10-17)12-20-18(22)13-21(26(2,23)24)16-7-3-5-14(9-16)11-19/h3-10H,12-13H2,1-2H3,(H,20,22). The molecule has 26 heavy (non-hydrogen) atoms. The minimum Gasteiger partial charge on any atom is -0.497 e. The minimum atomic E-state index is -3.69. The lowest BCUT2D eigenvalue weighted by atomic mass is 10.2. The number of sulfonamides is 1. The summed E-state index contributed by atoms with van der Waals surface area (Å²) in [7, 11) is -2.14. The first-order valence-corrected chi connectivity index (χ1v) is 9.56. The van der Waals surface area contributed by atoms with E-state index in [-0.39, 0.29) is 18.8 Å². The van der Waals surface area contributed by atoms with Gasteiger partial charge < -0.3 is 10.1 Å². The highest BCUT2D eigenvalue weighted by atomic mass is 32.2. The van der Waals surface area contributed by atoms with E-state index < -0.39 is 15.9 Å². The molecule has 0 aliphatic rings. The maximum absolute atomic E-state index is 12.2. The fourth-order valence-electron chi connectivity index (χ4n) is 2.30. The lowest BCUT2D eigenvalue weighted by molar-refractivity contribution is -0.119. The van der Waals surface area contributed by atoms with Crippen molar-refractivity contribution in [1.82, 2.24) is 5.32 Å². The number of carbonyl (C=O) groups is 1. The number of methoxy groups -OCH3 is 1. The van der Waals surface area contributed by atoms with Crippen LogP contribution in [-0.4, -0.2) is 34.2 Å². The Labute approximate surface area is 152 Å². The van der Waals surface area contributed by atoms with Crippen LogP contribution in [-0.2, 0) is 21.4 Å². The highest BCUT2D eigenvalue weighted by Gasteiger charge is 2.21. The molecule has 0 saturated carbocycles. The third-order valence-corrected chi connectivity index (χ3v) is 4.72. The van der Waals surface area contributed by atoms with Gasteiger partial charge in [0.15, 0.2) is 0 Å². The minimum absolute atomic E-state index is 0.242. The number of ether oxygens (including phenoxy) is 1. The monoisotopic (exact) mass is 373 g/mol. The molecule has 2 aromatic carbocycles. The van der Waals surface area contributed by atoms with Crippen LogP contribution >= 0.6 is 0 Å². The molecule has 0 aliphatic heterocycles. The van der Waals surface area contributed by atoms with Crippen LogP contribution in [0.15, 0.2) is 48.5 Å². The van der Waals surface area contributed by atoms with Gasteiger partial charge in [-0.25, -0.2) is 8.42 Å². The number of carbonyl (C=O) groups excluding carboxylic acids is 1. The van der Waals surface area contributed by atoms with E-state index in [2.05, 4.69) is 5.32 Å². The van der Waals surface area contributed by atoms with Gasteiger partial charge in [-0.2, -0.15) is 5.26 Å². The molecular weight excluding hydrogens is 354 g/mol. The summed E-state index contributed by atoms with van der Waals surface area (Å²) in [6.07, 6.45) is 1.02. The predicted octanol–water partition coefficient (Wildman–Crippen LogP) is 1.65. The lowest BCUT2D eigenvalue weighted by Crippen LogP contribution is -2.40. The number of nitrogens with one attached hydrogen (secondary N) is 1. The van der Waals surface area contributed by atoms with Gasteiger partial charge in [0.2, 0.25) is 15.9 Å². The Morgan fingerprint density at radius 3 is 2.62 bits per heavy atom. The van der Waals surface area contributed by atoms with Crippen molar-refractivity contribution in [3.8, 4) is 11.8 Å². The molecular formula is C18H19N3O4S. The van der Waals surface area contributed by atoms with Crippen LogP contribution in [0.1, 0.15) is 11.1 Å². The molecule has 1 amide bonds. The molecule has 1 N–H and O–H groups in total. The topological polar surface area (TPSA) is 99.5 Å². The molecule has 0 bridgehead atoms. The van der Waals surface area contributed by atoms with Gasteiger partial charge >= 0.3 is 0 Å². The molecule has 2 rings (SSSR count). The van der Waals surface area contributed by atoms with Crippen LogP contribution in [0.2, 0.25) is 0 Å². The van der Waals surface area contributed by atoms with Crippen LogP contribution in [0, 0.1) is 11.3 Å². The van der Waals surface area contributed by atoms with Gasteiger partial charge in [-0.1, -0.05) is 18.2 Å². The normalized spacial score (nSPS) is 10.7. The number of rotatable bonds is 7. The Bertz CT molecular complexity index is 935. The van der Waals surface area contributed by atoms with Gasteiger partial charge in [0.25, 0.3) is 0 Å². The van der Waals surface area contributed by atoms with Crippen molar-refractivity contribution < 1.29 is 17.9 Å². The molecule has 0 atom stereocenters. The number of hydrogen-bond acceptors (Lipinski definition) is 5. The van der Waals surface area contributed by atoms with E-state index in [9.17, 15) is 13.2 Å².